The molecular formula is C29H30N2O6S. The highest BCUT2D eigenvalue weighted by atomic mass is 32.1. The van der Waals surface area contributed by atoms with Gasteiger partial charge in [-0.3, -0.25) is 9.36 Å². The minimum Gasteiger partial charge on any atom is -0.493 e. The van der Waals surface area contributed by atoms with Crippen LogP contribution in [0, 0.1) is 0 Å². The van der Waals surface area contributed by atoms with Crippen molar-refractivity contribution in [3.8, 4) is 11.5 Å². The molecule has 1 aromatic heterocycles. The molecule has 4 aromatic rings. The Hall–Kier alpha value is -4.11. The average molecular weight is 535 g/mol. The second-order valence-corrected chi connectivity index (χ2v) is 10.1. The van der Waals surface area contributed by atoms with Crippen LogP contribution in [0.5, 0.6) is 11.5 Å². The number of carboxylic acids is 1. The standard InChI is InChI=1S/C29H30N2O6S/c1-29(2,27(32)33)37-23-13-9-12-22(19-23)36-17-8-7-16-31-24-15-14-21(18-25(24)38-28(31)34)26(30-35-3)20-10-5-4-6-11-20/h4-6,9-15,18-19H,7-8,16-17H2,1-3H3,(H,32,33)/b30-26+. The third-order valence-corrected chi connectivity index (χ3v) is 6.85. The molecular weight excluding hydrogens is 504 g/mol. The summed E-state index contributed by atoms with van der Waals surface area (Å²) in [7, 11) is 1.52. The van der Waals surface area contributed by atoms with Gasteiger partial charge in [-0.15, -0.1) is 0 Å². The number of aryl methyl sites for hydroxylation is 1. The number of oxime groups is 1. The molecule has 0 fully saturated rings. The van der Waals surface area contributed by atoms with Crippen molar-refractivity contribution in [2.45, 2.75) is 38.8 Å². The topological polar surface area (TPSA) is 99.4 Å². The minimum absolute atomic E-state index is 0.00564. The molecule has 0 radical (unpaired) electrons. The minimum atomic E-state index is -1.34. The summed E-state index contributed by atoms with van der Waals surface area (Å²) in [4.78, 5) is 29.1. The molecule has 0 bridgehead atoms. The molecule has 198 valence electrons. The molecule has 0 aliphatic carbocycles. The smallest absolute Gasteiger partial charge is 0.347 e. The summed E-state index contributed by atoms with van der Waals surface area (Å²) in [6.07, 6.45) is 1.50. The lowest BCUT2D eigenvalue weighted by atomic mass is 10.0. The van der Waals surface area contributed by atoms with Gasteiger partial charge >= 0.3 is 10.8 Å². The summed E-state index contributed by atoms with van der Waals surface area (Å²) in [5.41, 5.74) is 2.07. The number of hydrogen-bond donors (Lipinski definition) is 1. The molecule has 4 rings (SSSR count). The van der Waals surface area contributed by atoms with Crippen LogP contribution in [0.2, 0.25) is 0 Å². The Kier molecular flexibility index (Phi) is 8.48. The monoisotopic (exact) mass is 534 g/mol. The number of unbranched alkanes of at least 4 members (excludes halogenated alkanes) is 1. The van der Waals surface area contributed by atoms with E-state index in [0.29, 0.717) is 30.4 Å². The predicted molar refractivity (Wildman–Crippen MR) is 149 cm³/mol. The summed E-state index contributed by atoms with van der Waals surface area (Å²) in [6, 6.07) is 22.6. The second-order valence-electron chi connectivity index (χ2n) is 9.14. The number of thiazole rings is 1. The Morgan fingerprint density at radius 1 is 0.974 bits per heavy atom. The number of ether oxygens (including phenoxy) is 2. The highest BCUT2D eigenvalue weighted by Crippen LogP contribution is 2.25. The number of carbonyl (C=O) groups is 1. The van der Waals surface area contributed by atoms with Crippen LogP contribution in [-0.4, -0.2) is 40.7 Å². The first kappa shape index (κ1) is 26.9. The molecule has 0 aliphatic heterocycles. The Bertz CT molecular complexity index is 1490. The molecule has 0 spiro atoms. The lowest BCUT2D eigenvalue weighted by Gasteiger charge is -2.21. The van der Waals surface area contributed by atoms with E-state index in [0.717, 1.165) is 34.2 Å². The molecule has 0 amide bonds. The van der Waals surface area contributed by atoms with Crippen molar-refractivity contribution in [2.24, 2.45) is 5.16 Å². The largest absolute Gasteiger partial charge is 0.493 e. The molecule has 0 saturated carbocycles. The summed E-state index contributed by atoms with van der Waals surface area (Å²) in [6.45, 7) is 4.03. The Labute approximate surface area is 224 Å². The maximum Gasteiger partial charge on any atom is 0.347 e. The number of aromatic nitrogens is 1. The van der Waals surface area contributed by atoms with E-state index in [2.05, 4.69) is 5.16 Å². The number of carboxylic acid groups (broad SMARTS) is 1. The van der Waals surface area contributed by atoms with Gasteiger partial charge in [0.05, 0.1) is 16.8 Å². The zero-order chi connectivity index (χ0) is 27.1. The molecule has 0 aliphatic rings. The van der Waals surface area contributed by atoms with Crippen molar-refractivity contribution < 1.29 is 24.2 Å². The first-order valence-electron chi connectivity index (χ1n) is 12.2. The number of rotatable bonds is 12. The summed E-state index contributed by atoms with van der Waals surface area (Å²) in [5.74, 6) is -0.0196. The second kappa shape index (κ2) is 12.0. The fourth-order valence-corrected chi connectivity index (χ4v) is 4.87. The van der Waals surface area contributed by atoms with Crippen molar-refractivity contribution >= 4 is 33.2 Å². The molecule has 3 aromatic carbocycles. The zero-order valence-electron chi connectivity index (χ0n) is 21.5. The molecule has 38 heavy (non-hydrogen) atoms. The van der Waals surface area contributed by atoms with Gasteiger partial charge in [-0.1, -0.05) is 59.0 Å². The van der Waals surface area contributed by atoms with Crippen molar-refractivity contribution in [3.05, 3.63) is 93.6 Å². The fraction of sp³-hybridized carbons (Fsp3) is 0.276. The van der Waals surface area contributed by atoms with Crippen molar-refractivity contribution in [3.63, 3.8) is 0 Å². The maximum absolute atomic E-state index is 12.7. The van der Waals surface area contributed by atoms with Crippen LogP contribution >= 0.6 is 11.3 Å². The van der Waals surface area contributed by atoms with Gasteiger partial charge in [-0.05, 0) is 51.0 Å². The maximum atomic E-state index is 12.7. The summed E-state index contributed by atoms with van der Waals surface area (Å²) >= 11 is 1.22. The number of benzene rings is 3. The van der Waals surface area contributed by atoms with Gasteiger partial charge in [-0.2, -0.15) is 0 Å². The van der Waals surface area contributed by atoms with Gasteiger partial charge in [-0.25, -0.2) is 4.79 Å². The summed E-state index contributed by atoms with van der Waals surface area (Å²) < 4.78 is 14.1. The lowest BCUT2D eigenvalue weighted by Crippen LogP contribution is -2.37. The Balaban J connectivity index is 1.37. The Morgan fingerprint density at radius 3 is 2.47 bits per heavy atom. The molecule has 1 N–H and O–H groups in total. The SMILES string of the molecule is CO/N=C(\c1ccccc1)c1ccc2c(c1)sc(=O)n2CCCCOc1cccc(OC(C)(C)C(=O)O)c1. The van der Waals surface area contributed by atoms with Crippen LogP contribution in [-0.2, 0) is 16.2 Å². The van der Waals surface area contributed by atoms with Gasteiger partial charge in [0.2, 0.25) is 0 Å². The number of nitrogens with zero attached hydrogens (tertiary/aromatic N) is 2. The van der Waals surface area contributed by atoms with Gasteiger partial charge in [0, 0.05) is 23.7 Å². The van der Waals surface area contributed by atoms with E-state index < -0.39 is 11.6 Å². The molecule has 9 heteroatoms. The molecule has 0 saturated heterocycles. The normalized spacial score (nSPS) is 11.9. The van der Waals surface area contributed by atoms with Gasteiger partial charge in [0.15, 0.2) is 5.60 Å². The molecule has 1 heterocycles. The number of fused-ring (bicyclic) bond motifs is 1. The number of hydrogen-bond acceptors (Lipinski definition) is 7. The molecule has 0 unspecified atom stereocenters. The van der Waals surface area contributed by atoms with E-state index in [-0.39, 0.29) is 4.87 Å². The van der Waals surface area contributed by atoms with Crippen molar-refractivity contribution in [1.82, 2.24) is 4.57 Å². The third kappa shape index (κ3) is 6.41. The Morgan fingerprint density at radius 2 is 1.74 bits per heavy atom. The van der Waals surface area contributed by atoms with Crippen LogP contribution in [0.3, 0.4) is 0 Å². The van der Waals surface area contributed by atoms with Crippen molar-refractivity contribution in [2.75, 3.05) is 13.7 Å². The van der Waals surface area contributed by atoms with Gasteiger partial charge < -0.3 is 19.4 Å². The quantitative estimate of drug-likeness (QED) is 0.145. The summed E-state index contributed by atoms with van der Waals surface area (Å²) in [5, 5.41) is 13.5. The van der Waals surface area contributed by atoms with Crippen LogP contribution in [0.1, 0.15) is 37.8 Å². The highest BCUT2D eigenvalue weighted by molar-refractivity contribution is 7.16. The van der Waals surface area contributed by atoms with Crippen LogP contribution in [0.25, 0.3) is 10.2 Å². The van der Waals surface area contributed by atoms with E-state index in [1.807, 2.05) is 48.5 Å². The van der Waals surface area contributed by atoms with Gasteiger partial charge in [0.25, 0.3) is 0 Å². The van der Waals surface area contributed by atoms with E-state index in [9.17, 15) is 14.7 Å². The van der Waals surface area contributed by atoms with E-state index in [4.69, 9.17) is 14.3 Å². The third-order valence-electron chi connectivity index (χ3n) is 5.91. The molecule has 8 nitrogen and oxygen atoms in total. The average Bonchev–Trinajstić information content (AvgIpc) is 3.21. The van der Waals surface area contributed by atoms with Crippen LogP contribution in [0.15, 0.2) is 82.7 Å². The predicted octanol–water partition coefficient (Wildman–Crippen LogP) is 5.56. The van der Waals surface area contributed by atoms with Gasteiger partial charge in [0.1, 0.15) is 24.3 Å². The molecule has 0 atom stereocenters. The van der Waals surface area contributed by atoms with Crippen LogP contribution in [0.4, 0.5) is 0 Å². The van der Waals surface area contributed by atoms with Crippen molar-refractivity contribution in [1.29, 1.82) is 0 Å². The number of aliphatic carboxylic acids is 1. The zero-order valence-corrected chi connectivity index (χ0v) is 22.4. The van der Waals surface area contributed by atoms with E-state index in [1.54, 1.807) is 28.8 Å². The first-order chi connectivity index (χ1) is 18.3. The van der Waals surface area contributed by atoms with E-state index >= 15 is 0 Å². The van der Waals surface area contributed by atoms with Crippen LogP contribution < -0.4 is 14.3 Å². The fourth-order valence-electron chi connectivity index (χ4n) is 3.91. The lowest BCUT2D eigenvalue weighted by molar-refractivity contribution is -0.152. The first-order valence-corrected chi connectivity index (χ1v) is 13.1. The van der Waals surface area contributed by atoms with E-state index in [1.165, 1.54) is 32.3 Å². The highest BCUT2D eigenvalue weighted by Gasteiger charge is 2.29.